The maximum absolute atomic E-state index is 12.5. The lowest BCUT2D eigenvalue weighted by atomic mass is 9.99. The number of benzene rings is 1. The van der Waals surface area contributed by atoms with Crippen molar-refractivity contribution in [2.75, 3.05) is 6.54 Å². The number of rotatable bonds is 8. The molecule has 0 bridgehead atoms. The van der Waals surface area contributed by atoms with Gasteiger partial charge < -0.3 is 10.1 Å². The van der Waals surface area contributed by atoms with E-state index in [1.165, 1.54) is 6.92 Å². The van der Waals surface area contributed by atoms with Gasteiger partial charge in [-0.15, -0.1) is 5.10 Å². The fourth-order valence-electron chi connectivity index (χ4n) is 2.71. The van der Waals surface area contributed by atoms with Crippen LogP contribution in [-0.2, 0) is 14.3 Å². The third kappa shape index (κ3) is 5.05. The van der Waals surface area contributed by atoms with Crippen LogP contribution in [-0.4, -0.2) is 35.5 Å². The number of hydrogen-bond acceptors (Lipinski definition) is 4. The summed E-state index contributed by atoms with van der Waals surface area (Å²) in [5, 5.41) is 8.19. The van der Waals surface area contributed by atoms with E-state index in [1.807, 2.05) is 30.3 Å². The van der Waals surface area contributed by atoms with Crippen LogP contribution in [0.2, 0.25) is 0 Å². The van der Waals surface area contributed by atoms with Gasteiger partial charge >= 0.3 is 0 Å². The molecule has 25 heavy (non-hydrogen) atoms. The van der Waals surface area contributed by atoms with Crippen molar-refractivity contribution in [3.63, 3.8) is 0 Å². The summed E-state index contributed by atoms with van der Waals surface area (Å²) in [5.74, 6) is 0.0588. The SMILES string of the molecule is CCCCC(CC)CNC(=O)C1OC(c2ccccc2)=NN1C(C)=O. The van der Waals surface area contributed by atoms with Crippen molar-refractivity contribution < 1.29 is 14.3 Å². The lowest BCUT2D eigenvalue weighted by Gasteiger charge is -2.20. The number of ether oxygens (including phenoxy) is 1. The molecule has 0 aliphatic carbocycles. The molecule has 6 nitrogen and oxygen atoms in total. The average molecular weight is 345 g/mol. The first-order chi connectivity index (χ1) is 12.1. The van der Waals surface area contributed by atoms with Gasteiger partial charge in [-0.3, -0.25) is 9.59 Å². The fraction of sp³-hybridized carbons (Fsp3) is 0.526. The molecule has 1 heterocycles. The van der Waals surface area contributed by atoms with Crippen molar-refractivity contribution in [1.82, 2.24) is 10.3 Å². The maximum atomic E-state index is 12.5. The van der Waals surface area contributed by atoms with E-state index >= 15 is 0 Å². The van der Waals surface area contributed by atoms with Crippen LogP contribution in [0.5, 0.6) is 0 Å². The average Bonchev–Trinajstić information content (AvgIpc) is 3.08. The lowest BCUT2D eigenvalue weighted by Crippen LogP contribution is -2.46. The number of hydrogen-bond donors (Lipinski definition) is 1. The number of nitrogens with zero attached hydrogens (tertiary/aromatic N) is 2. The minimum atomic E-state index is -1.05. The second-order valence-electron chi connectivity index (χ2n) is 6.27. The molecule has 1 N–H and O–H groups in total. The van der Waals surface area contributed by atoms with Gasteiger partial charge in [-0.2, -0.15) is 5.01 Å². The summed E-state index contributed by atoms with van der Waals surface area (Å²) < 4.78 is 5.67. The molecule has 2 rings (SSSR count). The molecule has 0 radical (unpaired) electrons. The Balaban J connectivity index is 2.00. The van der Waals surface area contributed by atoms with Gasteiger partial charge in [-0.25, -0.2) is 0 Å². The Kier molecular flexibility index (Phi) is 6.98. The quantitative estimate of drug-likeness (QED) is 0.787. The molecule has 0 saturated carbocycles. The van der Waals surface area contributed by atoms with Gasteiger partial charge in [0.05, 0.1) is 0 Å². The van der Waals surface area contributed by atoms with Gasteiger partial charge in [0.1, 0.15) is 0 Å². The van der Waals surface area contributed by atoms with Gasteiger partial charge in [0.2, 0.25) is 11.8 Å². The number of hydrazone groups is 1. The summed E-state index contributed by atoms with van der Waals surface area (Å²) >= 11 is 0. The molecule has 2 unspecified atom stereocenters. The van der Waals surface area contributed by atoms with Crippen molar-refractivity contribution in [3.05, 3.63) is 35.9 Å². The third-order valence-electron chi connectivity index (χ3n) is 4.32. The molecular formula is C19H27N3O3. The molecule has 1 aliphatic heterocycles. The van der Waals surface area contributed by atoms with E-state index in [1.54, 1.807) is 0 Å². The first-order valence-corrected chi connectivity index (χ1v) is 8.95. The van der Waals surface area contributed by atoms with Crippen molar-refractivity contribution in [1.29, 1.82) is 0 Å². The van der Waals surface area contributed by atoms with Crippen LogP contribution < -0.4 is 5.32 Å². The minimum absolute atomic E-state index is 0.286. The van der Waals surface area contributed by atoms with E-state index in [4.69, 9.17) is 4.74 Å². The number of carbonyl (C=O) groups excluding carboxylic acids is 2. The fourth-order valence-corrected chi connectivity index (χ4v) is 2.71. The van der Waals surface area contributed by atoms with Gasteiger partial charge in [0, 0.05) is 19.0 Å². The monoisotopic (exact) mass is 345 g/mol. The molecule has 2 atom stereocenters. The summed E-state index contributed by atoms with van der Waals surface area (Å²) in [6.07, 6.45) is 3.34. The summed E-state index contributed by atoms with van der Waals surface area (Å²) in [7, 11) is 0. The highest BCUT2D eigenvalue weighted by Gasteiger charge is 2.37. The molecule has 6 heteroatoms. The molecule has 0 aromatic heterocycles. The summed E-state index contributed by atoms with van der Waals surface area (Å²) in [5.41, 5.74) is 0.735. The van der Waals surface area contributed by atoms with Crippen LogP contribution in [0.4, 0.5) is 0 Å². The second-order valence-corrected chi connectivity index (χ2v) is 6.27. The van der Waals surface area contributed by atoms with Gasteiger partial charge in [0.25, 0.3) is 12.1 Å². The van der Waals surface area contributed by atoms with E-state index < -0.39 is 6.23 Å². The molecule has 0 saturated heterocycles. The first-order valence-electron chi connectivity index (χ1n) is 8.95. The molecule has 1 aromatic rings. The van der Waals surface area contributed by atoms with E-state index in [0.29, 0.717) is 12.5 Å². The molecular weight excluding hydrogens is 318 g/mol. The summed E-state index contributed by atoms with van der Waals surface area (Å²) in [6.45, 7) is 6.24. The van der Waals surface area contributed by atoms with Gasteiger partial charge in [0.15, 0.2) is 0 Å². The maximum Gasteiger partial charge on any atom is 0.284 e. The van der Waals surface area contributed by atoms with Crippen LogP contribution >= 0.6 is 0 Å². The topological polar surface area (TPSA) is 71.0 Å². The van der Waals surface area contributed by atoms with Crippen molar-refractivity contribution >= 4 is 17.7 Å². The predicted octanol–water partition coefficient (Wildman–Crippen LogP) is 2.89. The van der Waals surface area contributed by atoms with Crippen LogP contribution in [0.15, 0.2) is 35.4 Å². The largest absolute Gasteiger partial charge is 0.440 e. The highest BCUT2D eigenvalue weighted by Crippen LogP contribution is 2.18. The zero-order valence-electron chi connectivity index (χ0n) is 15.2. The normalized spacial score (nSPS) is 17.6. The standard InChI is InChI=1S/C19H27N3O3/c1-4-6-10-15(5-2)13-20-17(24)19-22(14(3)23)21-18(25-19)16-11-8-7-9-12-16/h7-9,11-12,15,19H,4-6,10,13H2,1-3H3,(H,20,24). The van der Waals surface area contributed by atoms with E-state index in [-0.39, 0.29) is 17.7 Å². The van der Waals surface area contributed by atoms with Crippen molar-refractivity contribution in [2.24, 2.45) is 11.0 Å². The number of carbonyl (C=O) groups is 2. The zero-order chi connectivity index (χ0) is 18.2. The molecule has 136 valence electrons. The Morgan fingerprint density at radius 3 is 2.60 bits per heavy atom. The summed E-state index contributed by atoms with van der Waals surface area (Å²) in [4.78, 5) is 24.4. The van der Waals surface area contributed by atoms with Gasteiger partial charge in [-0.05, 0) is 24.5 Å². The highest BCUT2D eigenvalue weighted by atomic mass is 16.5. The molecule has 0 spiro atoms. The first kappa shape index (κ1) is 19.0. The Hall–Kier alpha value is -2.37. The minimum Gasteiger partial charge on any atom is -0.440 e. The van der Waals surface area contributed by atoms with Crippen LogP contribution in [0.25, 0.3) is 0 Å². The van der Waals surface area contributed by atoms with Crippen LogP contribution in [0.1, 0.15) is 52.0 Å². The Labute approximate surface area is 149 Å². The lowest BCUT2D eigenvalue weighted by molar-refractivity contribution is -0.146. The third-order valence-corrected chi connectivity index (χ3v) is 4.32. The van der Waals surface area contributed by atoms with E-state index in [0.717, 1.165) is 36.3 Å². The van der Waals surface area contributed by atoms with Gasteiger partial charge in [-0.1, -0.05) is 51.3 Å². The van der Waals surface area contributed by atoms with E-state index in [2.05, 4.69) is 24.3 Å². The van der Waals surface area contributed by atoms with Crippen LogP contribution in [0, 0.1) is 5.92 Å². The molecule has 0 fully saturated rings. The molecule has 2 amide bonds. The van der Waals surface area contributed by atoms with E-state index in [9.17, 15) is 9.59 Å². The van der Waals surface area contributed by atoms with Crippen molar-refractivity contribution in [2.45, 2.75) is 52.7 Å². The Morgan fingerprint density at radius 1 is 1.28 bits per heavy atom. The zero-order valence-corrected chi connectivity index (χ0v) is 15.2. The molecule has 1 aromatic carbocycles. The highest BCUT2D eigenvalue weighted by molar-refractivity contribution is 5.99. The number of unbranched alkanes of at least 4 members (excludes halogenated alkanes) is 1. The second kappa shape index (κ2) is 9.20. The predicted molar refractivity (Wildman–Crippen MR) is 96.7 cm³/mol. The smallest absolute Gasteiger partial charge is 0.284 e. The van der Waals surface area contributed by atoms with Crippen LogP contribution in [0.3, 0.4) is 0 Å². The Morgan fingerprint density at radius 2 is 2.00 bits per heavy atom. The molecule has 1 aliphatic rings. The summed E-state index contributed by atoms with van der Waals surface area (Å²) in [6, 6.07) is 9.25. The number of nitrogens with one attached hydrogen (secondary N) is 1. The Bertz CT molecular complexity index is 616. The van der Waals surface area contributed by atoms with Crippen molar-refractivity contribution in [3.8, 4) is 0 Å². The number of amides is 2.